The SMILES string of the molecule is CCN1CCC[C@H]1[C@H]1CCCN1C(=O)CN1CSCC1=O. The fourth-order valence-electron chi connectivity index (χ4n) is 3.98. The minimum absolute atomic E-state index is 0.111. The van der Waals surface area contributed by atoms with E-state index in [0.717, 1.165) is 25.9 Å². The first-order valence-electron chi connectivity index (χ1n) is 8.09. The van der Waals surface area contributed by atoms with E-state index in [2.05, 4.69) is 16.7 Å². The van der Waals surface area contributed by atoms with E-state index in [4.69, 9.17) is 0 Å². The van der Waals surface area contributed by atoms with Crippen molar-refractivity contribution in [3.8, 4) is 0 Å². The van der Waals surface area contributed by atoms with Crippen molar-refractivity contribution < 1.29 is 9.59 Å². The smallest absolute Gasteiger partial charge is 0.242 e. The van der Waals surface area contributed by atoms with Gasteiger partial charge in [-0.15, -0.1) is 11.8 Å². The van der Waals surface area contributed by atoms with Gasteiger partial charge in [-0.1, -0.05) is 6.92 Å². The highest BCUT2D eigenvalue weighted by molar-refractivity contribution is 8.00. The molecule has 21 heavy (non-hydrogen) atoms. The van der Waals surface area contributed by atoms with Crippen LogP contribution in [0.15, 0.2) is 0 Å². The van der Waals surface area contributed by atoms with Crippen molar-refractivity contribution in [2.45, 2.75) is 44.7 Å². The molecule has 0 bridgehead atoms. The molecule has 3 aliphatic rings. The number of thioether (sulfide) groups is 1. The Balaban J connectivity index is 1.63. The highest BCUT2D eigenvalue weighted by Gasteiger charge is 2.39. The Morgan fingerprint density at radius 2 is 2.00 bits per heavy atom. The molecule has 0 aliphatic carbocycles. The number of hydrogen-bond donors (Lipinski definition) is 0. The van der Waals surface area contributed by atoms with Crippen LogP contribution in [0.2, 0.25) is 0 Å². The molecule has 0 spiro atoms. The van der Waals surface area contributed by atoms with Crippen molar-refractivity contribution >= 4 is 23.6 Å². The van der Waals surface area contributed by atoms with E-state index in [1.807, 2.05) is 0 Å². The Hall–Kier alpha value is -0.750. The summed E-state index contributed by atoms with van der Waals surface area (Å²) in [6.07, 6.45) is 4.68. The Morgan fingerprint density at radius 1 is 1.24 bits per heavy atom. The maximum Gasteiger partial charge on any atom is 0.242 e. The van der Waals surface area contributed by atoms with E-state index in [9.17, 15) is 9.59 Å². The van der Waals surface area contributed by atoms with Gasteiger partial charge in [-0.25, -0.2) is 0 Å². The molecular formula is C15H25N3O2S. The van der Waals surface area contributed by atoms with Crippen molar-refractivity contribution in [3.05, 3.63) is 0 Å². The van der Waals surface area contributed by atoms with Crippen molar-refractivity contribution in [3.63, 3.8) is 0 Å². The van der Waals surface area contributed by atoms with Crippen molar-refractivity contribution in [2.24, 2.45) is 0 Å². The Kier molecular flexibility index (Phi) is 4.74. The zero-order valence-corrected chi connectivity index (χ0v) is 13.6. The normalized spacial score (nSPS) is 30.6. The summed E-state index contributed by atoms with van der Waals surface area (Å²) in [5.74, 6) is 1.47. The van der Waals surface area contributed by atoms with E-state index in [1.54, 1.807) is 16.7 Å². The molecule has 0 unspecified atom stereocenters. The Labute approximate surface area is 131 Å². The minimum Gasteiger partial charge on any atom is -0.337 e. The first kappa shape index (κ1) is 15.2. The number of carbonyl (C=O) groups excluding carboxylic acids is 2. The number of amides is 2. The van der Waals surface area contributed by atoms with Gasteiger partial charge in [0.2, 0.25) is 11.8 Å². The molecule has 3 saturated heterocycles. The minimum atomic E-state index is 0.111. The van der Waals surface area contributed by atoms with Crippen LogP contribution < -0.4 is 0 Å². The summed E-state index contributed by atoms with van der Waals surface area (Å²) in [7, 11) is 0. The Morgan fingerprint density at radius 3 is 2.71 bits per heavy atom. The molecule has 0 aromatic heterocycles. The summed E-state index contributed by atoms with van der Waals surface area (Å²) in [6.45, 7) is 5.60. The number of rotatable bonds is 4. The molecule has 3 aliphatic heterocycles. The molecule has 0 radical (unpaired) electrons. The van der Waals surface area contributed by atoms with Crippen LogP contribution in [0.3, 0.4) is 0 Å². The van der Waals surface area contributed by atoms with Gasteiger partial charge >= 0.3 is 0 Å². The number of carbonyl (C=O) groups is 2. The van der Waals surface area contributed by atoms with Gasteiger partial charge in [0.25, 0.3) is 0 Å². The lowest BCUT2D eigenvalue weighted by molar-refractivity contribution is -0.139. The molecule has 0 aromatic rings. The lowest BCUT2D eigenvalue weighted by Crippen LogP contribution is -2.50. The van der Waals surface area contributed by atoms with Crippen LogP contribution in [0.1, 0.15) is 32.6 Å². The molecule has 0 aromatic carbocycles. The summed E-state index contributed by atoms with van der Waals surface area (Å²) in [6, 6.07) is 0.899. The highest BCUT2D eigenvalue weighted by Crippen LogP contribution is 2.30. The van der Waals surface area contributed by atoms with E-state index < -0.39 is 0 Å². The lowest BCUT2D eigenvalue weighted by atomic mass is 10.0. The third-order valence-corrected chi connectivity index (χ3v) is 5.98. The van der Waals surface area contributed by atoms with Crippen LogP contribution in [0.25, 0.3) is 0 Å². The number of nitrogens with zero attached hydrogens (tertiary/aromatic N) is 3. The van der Waals surface area contributed by atoms with Crippen molar-refractivity contribution in [1.82, 2.24) is 14.7 Å². The number of likely N-dealkylation sites (tertiary alicyclic amines) is 2. The molecule has 118 valence electrons. The molecule has 2 amide bonds. The first-order chi connectivity index (χ1) is 10.2. The Bertz CT molecular complexity index is 418. The second-order valence-electron chi connectivity index (χ2n) is 6.20. The summed E-state index contributed by atoms with van der Waals surface area (Å²) in [4.78, 5) is 30.6. The van der Waals surface area contributed by atoms with Gasteiger partial charge in [0.15, 0.2) is 0 Å². The number of likely N-dealkylation sites (N-methyl/N-ethyl adjacent to an activating group) is 1. The molecule has 3 rings (SSSR count). The van der Waals surface area contributed by atoms with Gasteiger partial charge in [0.1, 0.15) is 6.54 Å². The largest absolute Gasteiger partial charge is 0.337 e. The van der Waals surface area contributed by atoms with Crippen LogP contribution in [-0.4, -0.2) is 76.4 Å². The summed E-state index contributed by atoms with van der Waals surface area (Å²) in [5, 5.41) is 0. The quantitative estimate of drug-likeness (QED) is 0.777. The molecule has 6 heteroatoms. The average Bonchev–Trinajstić information content (AvgIpc) is 3.18. The summed E-state index contributed by atoms with van der Waals surface area (Å²) < 4.78 is 0. The van der Waals surface area contributed by atoms with Gasteiger partial charge in [-0.05, 0) is 38.8 Å². The van der Waals surface area contributed by atoms with Crippen LogP contribution in [-0.2, 0) is 9.59 Å². The third kappa shape index (κ3) is 3.06. The van der Waals surface area contributed by atoms with Gasteiger partial charge in [-0.2, -0.15) is 0 Å². The van der Waals surface area contributed by atoms with Crippen molar-refractivity contribution in [1.29, 1.82) is 0 Å². The molecule has 2 atom stereocenters. The summed E-state index contributed by atoms with van der Waals surface area (Å²) >= 11 is 1.60. The molecule has 0 saturated carbocycles. The van der Waals surface area contributed by atoms with Crippen LogP contribution in [0, 0.1) is 0 Å². The van der Waals surface area contributed by atoms with Gasteiger partial charge in [-0.3, -0.25) is 14.5 Å². The zero-order chi connectivity index (χ0) is 14.8. The summed E-state index contributed by atoms with van der Waals surface area (Å²) in [5.41, 5.74) is 0. The predicted octanol–water partition coefficient (Wildman–Crippen LogP) is 0.995. The lowest BCUT2D eigenvalue weighted by Gasteiger charge is -2.35. The topological polar surface area (TPSA) is 43.9 Å². The number of hydrogen-bond acceptors (Lipinski definition) is 4. The van der Waals surface area contributed by atoms with E-state index in [0.29, 0.717) is 23.7 Å². The monoisotopic (exact) mass is 311 g/mol. The van der Waals surface area contributed by atoms with Crippen molar-refractivity contribution in [2.75, 3.05) is 37.8 Å². The fraction of sp³-hybridized carbons (Fsp3) is 0.867. The molecule has 3 fully saturated rings. The predicted molar refractivity (Wildman–Crippen MR) is 84.0 cm³/mol. The van der Waals surface area contributed by atoms with Gasteiger partial charge in [0, 0.05) is 18.6 Å². The molecular weight excluding hydrogens is 286 g/mol. The highest BCUT2D eigenvalue weighted by atomic mass is 32.2. The van der Waals surface area contributed by atoms with Crippen LogP contribution in [0.4, 0.5) is 0 Å². The van der Waals surface area contributed by atoms with E-state index >= 15 is 0 Å². The first-order valence-corrected chi connectivity index (χ1v) is 9.25. The molecule has 3 heterocycles. The van der Waals surface area contributed by atoms with E-state index in [1.165, 1.54) is 19.4 Å². The maximum absolute atomic E-state index is 12.6. The third-order valence-electron chi connectivity index (χ3n) is 5.04. The average molecular weight is 311 g/mol. The second-order valence-corrected chi connectivity index (χ2v) is 7.16. The van der Waals surface area contributed by atoms with Gasteiger partial charge < -0.3 is 9.80 Å². The van der Waals surface area contributed by atoms with Crippen LogP contribution >= 0.6 is 11.8 Å². The van der Waals surface area contributed by atoms with Crippen LogP contribution in [0.5, 0.6) is 0 Å². The fourth-order valence-corrected chi connectivity index (χ4v) is 4.88. The molecule has 5 nitrogen and oxygen atoms in total. The maximum atomic E-state index is 12.6. The molecule has 0 N–H and O–H groups in total. The van der Waals surface area contributed by atoms with E-state index in [-0.39, 0.29) is 18.4 Å². The standard InChI is InChI=1S/C15H25N3O2S/c1-2-16-7-3-5-12(16)13-6-4-8-18(13)14(19)9-17-11-21-10-15(17)20/h12-13H,2-11H2,1H3/t12-,13+/m0/s1. The van der Waals surface area contributed by atoms with Gasteiger partial charge in [0.05, 0.1) is 11.6 Å². The second kappa shape index (κ2) is 6.57. The zero-order valence-electron chi connectivity index (χ0n) is 12.8.